The Hall–Kier alpha value is -5.02. The minimum absolute atomic E-state index is 0.0587. The summed E-state index contributed by atoms with van der Waals surface area (Å²) in [5.41, 5.74) is 7.10. The topological polar surface area (TPSA) is 278 Å². The van der Waals surface area contributed by atoms with Crippen LogP contribution in [0, 0.1) is 0 Å². The highest BCUT2D eigenvalue weighted by atomic mass is 35.5. The van der Waals surface area contributed by atoms with Crippen molar-refractivity contribution in [3.05, 3.63) is 33.8 Å². The highest BCUT2D eigenvalue weighted by Crippen LogP contribution is 2.49. The van der Waals surface area contributed by atoms with Gasteiger partial charge in [0.2, 0.25) is 17.4 Å². The highest BCUT2D eigenvalue weighted by molar-refractivity contribution is 8.02. The smallest absolute Gasteiger partial charge is 0.344 e. The molecule has 8 N–H and O–H groups in total. The van der Waals surface area contributed by atoms with Crippen molar-refractivity contribution >= 4 is 81.2 Å². The molecule has 5 rings (SSSR count). The normalized spacial score (nSPS) is 22.6. The number of urea groups is 1. The van der Waals surface area contributed by atoms with Gasteiger partial charge in [-0.1, -0.05) is 28.5 Å². The van der Waals surface area contributed by atoms with Crippen molar-refractivity contribution in [1.29, 1.82) is 0 Å². The summed E-state index contributed by atoms with van der Waals surface area (Å²) in [6.07, 6.45) is 0. The molecule has 0 saturated carbocycles. The zero-order chi connectivity index (χ0) is 32.8. The van der Waals surface area contributed by atoms with Crippen molar-refractivity contribution in [2.24, 2.45) is 5.16 Å². The first-order valence-electron chi connectivity index (χ1n) is 12.5. The number of halogens is 1. The minimum atomic E-state index is -2.00. The molecule has 19 nitrogen and oxygen atoms in total. The van der Waals surface area contributed by atoms with Gasteiger partial charge in [-0.05, 0) is 12.1 Å². The van der Waals surface area contributed by atoms with Gasteiger partial charge in [-0.3, -0.25) is 24.7 Å². The molecule has 1 aromatic heterocycles. The molecule has 238 valence electrons. The lowest BCUT2D eigenvalue weighted by Crippen LogP contribution is -2.68. The number of thiazole rings is 1. The third-order valence-electron chi connectivity index (χ3n) is 6.81. The number of anilines is 1. The molecule has 0 radical (unpaired) electrons. The van der Waals surface area contributed by atoms with Crippen LogP contribution >= 0.6 is 34.7 Å². The van der Waals surface area contributed by atoms with E-state index in [0.717, 1.165) is 50.0 Å². The molecule has 3 saturated heterocycles. The third-order valence-corrected chi connectivity index (χ3v) is 9.55. The Bertz CT molecular complexity index is 1670. The molecule has 3 atom stereocenters. The largest absolute Gasteiger partial charge is 0.504 e. The summed E-state index contributed by atoms with van der Waals surface area (Å²) >= 11 is 7.61. The first-order chi connectivity index (χ1) is 21.2. The van der Waals surface area contributed by atoms with Crippen molar-refractivity contribution in [3.63, 3.8) is 0 Å². The molecule has 22 heteroatoms. The highest BCUT2D eigenvalue weighted by Gasteiger charge is 2.66. The average molecular weight is 685 g/mol. The number of hydrogen-bond donors (Lipinski definition) is 7. The van der Waals surface area contributed by atoms with Crippen LogP contribution in [0.25, 0.3) is 0 Å². The number of fused-ring (bicyclic) bond motifs is 1. The number of hydrogen-bond acceptors (Lipinski definition) is 14. The van der Waals surface area contributed by atoms with Gasteiger partial charge in [-0.15, -0.1) is 11.3 Å². The van der Waals surface area contributed by atoms with Crippen LogP contribution in [0.1, 0.15) is 16.1 Å². The number of hydrazine groups is 1. The average Bonchev–Trinajstić information content (AvgIpc) is 3.68. The number of thioether (sulfide) groups is 1. The van der Waals surface area contributed by atoms with Gasteiger partial charge in [0.1, 0.15) is 17.1 Å². The summed E-state index contributed by atoms with van der Waals surface area (Å²) in [6.45, 7) is -1.66. The number of carbonyl (C=O) groups excluding carboxylic acids is 4. The maximum absolute atomic E-state index is 13.3. The van der Waals surface area contributed by atoms with Crippen LogP contribution in [0.4, 0.5) is 9.93 Å². The molecule has 0 spiro atoms. The van der Waals surface area contributed by atoms with E-state index >= 15 is 0 Å². The molecule has 4 heterocycles. The van der Waals surface area contributed by atoms with E-state index < -0.39 is 87.4 Å². The number of β-lactam (4-membered cyclic amide) rings is 1. The maximum atomic E-state index is 13.3. The van der Waals surface area contributed by atoms with Gasteiger partial charge in [-0.2, -0.15) is 0 Å². The van der Waals surface area contributed by atoms with Gasteiger partial charge in [0.05, 0.1) is 23.7 Å². The molecule has 3 aliphatic heterocycles. The lowest BCUT2D eigenvalue weighted by Gasteiger charge is -2.41. The van der Waals surface area contributed by atoms with E-state index in [9.17, 15) is 44.1 Å². The molecular formula is C23H21ClN8O11S2. The number of nitrogens with zero attached hydrogens (tertiary/aromatic N) is 5. The fraction of sp³-hybridized carbons (Fsp3) is 0.304. The number of oxime groups is 1. The van der Waals surface area contributed by atoms with Crippen molar-refractivity contribution in [2.45, 2.75) is 16.3 Å². The number of aromatic hydroxyl groups is 2. The number of carboxylic acids is 2. The molecule has 2 unspecified atom stereocenters. The fourth-order valence-corrected chi connectivity index (χ4v) is 7.09. The Morgan fingerprint density at radius 3 is 2.58 bits per heavy atom. The van der Waals surface area contributed by atoms with Crippen LogP contribution in [-0.4, -0.2) is 124 Å². The summed E-state index contributed by atoms with van der Waals surface area (Å²) in [7, 11) is 0. The number of nitrogens with one attached hydrogen (secondary N) is 2. The SMILES string of the molecule is Nc1nc(/C(=N/OCC(=O)O)C(=O)NC2C(=O)N3CC(C(=O)O)(N4CCN(NC(=O)c5ccc(O)c(O)c5Cl)C4=O)S[C@H]23)cs1. The summed E-state index contributed by atoms with van der Waals surface area (Å²) < 4.78 is 0. The van der Waals surface area contributed by atoms with Gasteiger partial charge in [-0.25, -0.2) is 24.4 Å². The predicted molar refractivity (Wildman–Crippen MR) is 153 cm³/mol. The van der Waals surface area contributed by atoms with E-state index in [0.29, 0.717) is 0 Å². The van der Waals surface area contributed by atoms with Crippen molar-refractivity contribution in [2.75, 3.05) is 32.0 Å². The van der Waals surface area contributed by atoms with Crippen molar-refractivity contribution in [3.8, 4) is 11.5 Å². The molecule has 5 amide bonds. The Morgan fingerprint density at radius 1 is 1.20 bits per heavy atom. The minimum Gasteiger partial charge on any atom is -0.504 e. The first-order valence-corrected chi connectivity index (χ1v) is 14.6. The van der Waals surface area contributed by atoms with Crippen molar-refractivity contribution < 1.29 is 54.0 Å². The number of nitrogen functional groups attached to an aromatic ring is 1. The molecule has 3 fully saturated rings. The first kappa shape index (κ1) is 31.4. The number of amides is 5. The lowest BCUT2D eigenvalue weighted by molar-refractivity contribution is -0.151. The Morgan fingerprint density at radius 2 is 1.93 bits per heavy atom. The number of nitrogens with two attached hydrogens (primary N) is 1. The van der Waals surface area contributed by atoms with E-state index in [-0.39, 0.29) is 29.5 Å². The van der Waals surface area contributed by atoms with E-state index in [2.05, 4.69) is 25.7 Å². The summed E-state index contributed by atoms with van der Waals surface area (Å²) in [5.74, 6) is -6.72. The summed E-state index contributed by atoms with van der Waals surface area (Å²) in [6, 6.07) is -0.0516. The van der Waals surface area contributed by atoms with Crippen LogP contribution in [0.15, 0.2) is 22.7 Å². The second kappa shape index (κ2) is 11.8. The Labute approximate surface area is 264 Å². The number of aromatic nitrogens is 1. The van der Waals surface area contributed by atoms with Crippen LogP contribution in [0.2, 0.25) is 5.02 Å². The number of benzene rings is 1. The molecule has 3 aliphatic rings. The predicted octanol–water partition coefficient (Wildman–Crippen LogP) is -1.14. The standard InChI is InChI=1S/C23H21ClN8O11S2/c24-12-8(1-2-10(33)15(12)36)16(37)28-32-4-3-31(22(32)42)23(20(40)41)7-30-18(39)14(19(30)45-23)27-17(38)13(29-43-5-11(34)35)9-6-44-21(25)26-9/h1-2,6,14,19,33,36H,3-5,7H2,(H2,25,26)(H,27,38)(H,28,37)(H,34,35)(H,40,41)/b29-13-/t14?,19-,23?/m1/s1. The number of phenols is 2. The monoisotopic (exact) mass is 684 g/mol. The zero-order valence-electron chi connectivity index (χ0n) is 22.4. The number of aliphatic carboxylic acids is 2. The number of carbonyl (C=O) groups is 6. The Balaban J connectivity index is 1.30. The van der Waals surface area contributed by atoms with Crippen LogP contribution in [0.3, 0.4) is 0 Å². The molecule has 2 aromatic rings. The van der Waals surface area contributed by atoms with Crippen LogP contribution in [-0.2, 0) is 24.0 Å². The van der Waals surface area contributed by atoms with Crippen LogP contribution in [0.5, 0.6) is 11.5 Å². The number of phenolic OH excluding ortho intramolecular Hbond substituents is 2. The molecule has 0 bridgehead atoms. The fourth-order valence-electron chi connectivity index (χ4n) is 4.66. The third kappa shape index (κ3) is 5.55. The van der Waals surface area contributed by atoms with E-state index in [1.165, 1.54) is 5.38 Å². The van der Waals surface area contributed by atoms with E-state index in [1.54, 1.807) is 0 Å². The van der Waals surface area contributed by atoms with E-state index in [4.69, 9.17) is 22.4 Å². The number of carboxylic acid groups (broad SMARTS) is 2. The van der Waals surface area contributed by atoms with Gasteiger partial charge in [0.25, 0.3) is 11.8 Å². The Kier molecular flexibility index (Phi) is 8.25. The second-order valence-electron chi connectivity index (χ2n) is 9.51. The quantitative estimate of drug-likeness (QED) is 0.0674. The summed E-state index contributed by atoms with van der Waals surface area (Å²) in [4.78, 5) is 84.4. The number of rotatable bonds is 10. The molecule has 45 heavy (non-hydrogen) atoms. The zero-order valence-corrected chi connectivity index (χ0v) is 24.8. The van der Waals surface area contributed by atoms with Gasteiger partial charge in [0, 0.05) is 11.9 Å². The molecule has 1 aromatic carbocycles. The molecule has 0 aliphatic carbocycles. The van der Waals surface area contributed by atoms with Crippen molar-refractivity contribution in [1.82, 2.24) is 30.5 Å². The van der Waals surface area contributed by atoms with E-state index in [1.807, 2.05) is 0 Å². The molecular weight excluding hydrogens is 664 g/mol. The van der Waals surface area contributed by atoms with Gasteiger partial charge >= 0.3 is 18.0 Å². The van der Waals surface area contributed by atoms with Crippen LogP contribution < -0.4 is 16.5 Å². The van der Waals surface area contributed by atoms with Gasteiger partial charge in [0.15, 0.2) is 22.3 Å². The maximum Gasteiger partial charge on any atom is 0.344 e. The second-order valence-corrected chi connectivity index (χ2v) is 12.2. The lowest BCUT2D eigenvalue weighted by atomic mass is 10.1. The summed E-state index contributed by atoms with van der Waals surface area (Å²) in [5, 5.41) is 45.2. The van der Waals surface area contributed by atoms with Gasteiger partial charge < -0.3 is 41.2 Å².